The third-order valence-corrected chi connectivity index (χ3v) is 7.75. The first-order chi connectivity index (χ1) is 16.5. The topological polar surface area (TPSA) is 75.6 Å². The molecule has 180 valence electrons. The fraction of sp³-hybridized carbons (Fsp3) is 0.423. The number of benzene rings is 2. The molecule has 3 aromatic rings. The lowest BCUT2D eigenvalue weighted by molar-refractivity contribution is 0.174. The highest BCUT2D eigenvalue weighted by Crippen LogP contribution is 2.51. The van der Waals surface area contributed by atoms with Gasteiger partial charge in [0.25, 0.3) is 0 Å². The Hall–Kier alpha value is -2.32. The van der Waals surface area contributed by atoms with Crippen molar-refractivity contribution in [3.05, 3.63) is 69.7 Å². The second-order valence-corrected chi connectivity index (χ2v) is 10.9. The molecule has 5 rings (SSSR count). The average molecular weight is 500 g/mol. The Morgan fingerprint density at radius 2 is 1.94 bits per heavy atom. The van der Waals surface area contributed by atoms with Crippen LogP contribution in [-0.2, 0) is 5.54 Å². The van der Waals surface area contributed by atoms with Crippen molar-refractivity contribution >= 4 is 28.1 Å². The molecule has 8 heteroatoms. The van der Waals surface area contributed by atoms with Gasteiger partial charge in [-0.25, -0.2) is 4.98 Å². The molecule has 1 saturated carbocycles. The summed E-state index contributed by atoms with van der Waals surface area (Å²) >= 11 is 8.22. The van der Waals surface area contributed by atoms with Gasteiger partial charge in [-0.2, -0.15) is 0 Å². The van der Waals surface area contributed by atoms with Gasteiger partial charge < -0.3 is 25.2 Å². The molecule has 0 saturated heterocycles. The Bertz CT molecular complexity index is 1150. The number of ether oxygens (including phenoxy) is 2. The summed E-state index contributed by atoms with van der Waals surface area (Å²) in [4.78, 5) is 5.77. The standard InChI is InChI=1S/C26H30ClN3O3S/c1-16(2)11-18(14-31)29-24(19-5-3-4-6-20(19)27)23-13-28-25(34-23)30-26(9-10-26)17-7-8-21-22(12-17)33-15-32-21/h3-8,12-13,16,18,24,29,31H,9-11,14-15H2,1-2H3,(H,28,30)/t18-,24?/m1/s1. The van der Waals surface area contributed by atoms with Crippen molar-refractivity contribution in [2.45, 2.75) is 50.7 Å². The second kappa shape index (κ2) is 9.74. The summed E-state index contributed by atoms with van der Waals surface area (Å²) in [6.07, 6.45) is 4.85. The van der Waals surface area contributed by atoms with Crippen molar-refractivity contribution in [1.29, 1.82) is 0 Å². The molecular formula is C26H30ClN3O3S. The number of aliphatic hydroxyl groups excluding tert-OH is 1. The molecule has 34 heavy (non-hydrogen) atoms. The normalized spacial score (nSPS) is 17.6. The van der Waals surface area contributed by atoms with E-state index in [0.717, 1.165) is 46.3 Å². The van der Waals surface area contributed by atoms with Gasteiger partial charge in [0.05, 0.1) is 18.2 Å². The number of halogens is 1. The average Bonchev–Trinajstić information content (AvgIpc) is 3.22. The van der Waals surface area contributed by atoms with Crippen molar-refractivity contribution in [1.82, 2.24) is 10.3 Å². The molecule has 3 N–H and O–H groups in total. The van der Waals surface area contributed by atoms with Gasteiger partial charge in [-0.1, -0.05) is 49.7 Å². The van der Waals surface area contributed by atoms with Crippen LogP contribution in [0, 0.1) is 5.92 Å². The van der Waals surface area contributed by atoms with Crippen molar-refractivity contribution in [2.75, 3.05) is 18.7 Å². The second-order valence-electron chi connectivity index (χ2n) is 9.47. The lowest BCUT2D eigenvalue weighted by atomic mass is 10.0. The number of anilines is 1. The highest BCUT2D eigenvalue weighted by Gasteiger charge is 2.45. The van der Waals surface area contributed by atoms with Crippen LogP contribution in [0.1, 0.15) is 55.2 Å². The lowest BCUT2D eigenvalue weighted by Gasteiger charge is -2.26. The van der Waals surface area contributed by atoms with E-state index in [9.17, 15) is 5.11 Å². The number of hydrogen-bond acceptors (Lipinski definition) is 7. The van der Waals surface area contributed by atoms with E-state index in [2.05, 4.69) is 36.6 Å². The molecule has 1 aliphatic carbocycles. The van der Waals surface area contributed by atoms with Gasteiger partial charge >= 0.3 is 0 Å². The van der Waals surface area contributed by atoms with Crippen molar-refractivity contribution in [3.8, 4) is 11.5 Å². The number of aliphatic hydroxyl groups is 1. The Balaban J connectivity index is 1.39. The van der Waals surface area contributed by atoms with Gasteiger partial charge in [-0.05, 0) is 54.5 Å². The van der Waals surface area contributed by atoms with Crippen LogP contribution >= 0.6 is 22.9 Å². The molecule has 1 aliphatic heterocycles. The summed E-state index contributed by atoms with van der Waals surface area (Å²) in [6, 6.07) is 13.8. The SMILES string of the molecule is CC(C)C[C@H](CO)NC(c1cnc(NC2(c3ccc4c(c3)OCO4)CC2)s1)c1ccccc1Cl. The summed E-state index contributed by atoms with van der Waals surface area (Å²) < 4.78 is 11.0. The predicted molar refractivity (Wildman–Crippen MR) is 136 cm³/mol. The largest absolute Gasteiger partial charge is 0.454 e. The third kappa shape index (κ3) is 4.89. The molecule has 1 unspecified atom stereocenters. The molecule has 2 atom stereocenters. The van der Waals surface area contributed by atoms with E-state index < -0.39 is 0 Å². The van der Waals surface area contributed by atoms with E-state index >= 15 is 0 Å². The van der Waals surface area contributed by atoms with E-state index in [-0.39, 0.29) is 31.0 Å². The quantitative estimate of drug-likeness (QED) is 0.331. The molecule has 0 bridgehead atoms. The first-order valence-electron chi connectivity index (χ1n) is 11.7. The fourth-order valence-electron chi connectivity index (χ4n) is 4.52. The van der Waals surface area contributed by atoms with Gasteiger partial charge in [-0.3, -0.25) is 0 Å². The summed E-state index contributed by atoms with van der Waals surface area (Å²) in [7, 11) is 0. The van der Waals surface area contributed by atoms with Crippen LogP contribution in [0.2, 0.25) is 5.02 Å². The number of thiazole rings is 1. The van der Waals surface area contributed by atoms with Crippen molar-refractivity contribution in [3.63, 3.8) is 0 Å². The molecule has 0 spiro atoms. The molecule has 1 fully saturated rings. The molecule has 2 aliphatic rings. The minimum Gasteiger partial charge on any atom is -0.454 e. The van der Waals surface area contributed by atoms with Gasteiger partial charge in [0, 0.05) is 22.1 Å². The summed E-state index contributed by atoms with van der Waals surface area (Å²) in [5, 5.41) is 18.9. The van der Waals surface area contributed by atoms with Crippen molar-refractivity contribution < 1.29 is 14.6 Å². The summed E-state index contributed by atoms with van der Waals surface area (Å²) in [5.74, 6) is 2.06. The number of aromatic nitrogens is 1. The zero-order valence-electron chi connectivity index (χ0n) is 19.4. The Labute approximate surface area is 209 Å². The van der Waals surface area contributed by atoms with Gasteiger partial charge in [0.1, 0.15) is 0 Å². The fourth-order valence-corrected chi connectivity index (χ4v) is 5.76. The highest BCUT2D eigenvalue weighted by atomic mass is 35.5. The van der Waals surface area contributed by atoms with Gasteiger partial charge in [0.2, 0.25) is 6.79 Å². The van der Waals surface area contributed by atoms with Crippen LogP contribution in [0.15, 0.2) is 48.7 Å². The zero-order valence-corrected chi connectivity index (χ0v) is 21.0. The number of nitrogens with zero attached hydrogens (tertiary/aromatic N) is 1. The Morgan fingerprint density at radius 1 is 1.15 bits per heavy atom. The molecule has 6 nitrogen and oxygen atoms in total. The maximum absolute atomic E-state index is 10.0. The van der Waals surface area contributed by atoms with Crippen LogP contribution < -0.4 is 20.1 Å². The van der Waals surface area contributed by atoms with Gasteiger partial charge in [-0.15, -0.1) is 11.3 Å². The monoisotopic (exact) mass is 499 g/mol. The van der Waals surface area contributed by atoms with E-state index in [1.54, 1.807) is 11.3 Å². The predicted octanol–water partition coefficient (Wildman–Crippen LogP) is 5.71. The molecule has 0 amide bonds. The molecule has 1 aromatic heterocycles. The molecule has 0 radical (unpaired) electrons. The van der Waals surface area contributed by atoms with Crippen LogP contribution in [-0.4, -0.2) is 29.5 Å². The number of rotatable bonds is 10. The minimum absolute atomic E-state index is 0.0387. The smallest absolute Gasteiger partial charge is 0.231 e. The van der Waals surface area contributed by atoms with Crippen LogP contribution in [0.25, 0.3) is 0 Å². The van der Waals surface area contributed by atoms with Crippen LogP contribution in [0.4, 0.5) is 5.13 Å². The van der Waals surface area contributed by atoms with E-state index in [1.807, 2.05) is 36.5 Å². The van der Waals surface area contributed by atoms with Gasteiger partial charge in [0.15, 0.2) is 16.6 Å². The van der Waals surface area contributed by atoms with E-state index in [4.69, 9.17) is 26.1 Å². The summed E-state index contributed by atoms with van der Waals surface area (Å²) in [5.41, 5.74) is 2.04. The Kier molecular flexibility index (Phi) is 6.71. The summed E-state index contributed by atoms with van der Waals surface area (Å²) in [6.45, 7) is 4.66. The van der Waals surface area contributed by atoms with Crippen LogP contribution in [0.3, 0.4) is 0 Å². The van der Waals surface area contributed by atoms with Crippen molar-refractivity contribution in [2.24, 2.45) is 5.92 Å². The first-order valence-corrected chi connectivity index (χ1v) is 12.9. The number of nitrogens with one attached hydrogen (secondary N) is 2. The maximum atomic E-state index is 10.0. The Morgan fingerprint density at radius 3 is 2.68 bits per heavy atom. The number of fused-ring (bicyclic) bond motifs is 1. The first kappa shape index (κ1) is 23.4. The third-order valence-electron chi connectivity index (χ3n) is 6.42. The minimum atomic E-state index is -0.154. The molecular weight excluding hydrogens is 470 g/mol. The lowest BCUT2D eigenvalue weighted by Crippen LogP contribution is -2.37. The number of hydrogen-bond donors (Lipinski definition) is 3. The highest BCUT2D eigenvalue weighted by molar-refractivity contribution is 7.15. The maximum Gasteiger partial charge on any atom is 0.231 e. The molecule has 2 heterocycles. The zero-order chi connectivity index (χ0) is 23.7. The van der Waals surface area contributed by atoms with Crippen LogP contribution in [0.5, 0.6) is 11.5 Å². The van der Waals surface area contributed by atoms with E-state index in [1.165, 1.54) is 5.56 Å². The molecule has 2 aromatic carbocycles. The van der Waals surface area contributed by atoms with E-state index in [0.29, 0.717) is 10.9 Å².